The number of fused-ring (bicyclic) bond motifs is 1. The van der Waals surface area contributed by atoms with Crippen LogP contribution in [0.1, 0.15) is 36.5 Å². The summed E-state index contributed by atoms with van der Waals surface area (Å²) in [5.74, 6) is 0.206. The van der Waals surface area contributed by atoms with Crippen molar-refractivity contribution in [3.05, 3.63) is 60.6 Å². The quantitative estimate of drug-likeness (QED) is 0.668. The molecule has 0 aliphatic carbocycles. The summed E-state index contributed by atoms with van der Waals surface area (Å²) in [6.07, 6.45) is 5.93. The van der Waals surface area contributed by atoms with Crippen molar-refractivity contribution in [2.45, 2.75) is 26.2 Å². The zero-order valence-electron chi connectivity index (χ0n) is 13.1. The Balaban J connectivity index is 1.79. The zero-order chi connectivity index (χ0) is 16.1. The van der Waals surface area contributed by atoms with E-state index in [1.54, 1.807) is 12.5 Å². The number of hydrogen-bond donors (Lipinski definition) is 1. The van der Waals surface area contributed by atoms with Crippen molar-refractivity contribution < 1.29 is 4.79 Å². The topological polar surface area (TPSA) is 54.9 Å². The van der Waals surface area contributed by atoms with Gasteiger partial charge in [-0.15, -0.1) is 0 Å². The lowest BCUT2D eigenvalue weighted by atomic mass is 10.1. The predicted octanol–water partition coefficient (Wildman–Crippen LogP) is 4.75. The maximum Gasteiger partial charge on any atom is 0.162 e. The molecule has 0 saturated heterocycles. The zero-order valence-corrected chi connectivity index (χ0v) is 13.1. The number of rotatable bonds is 6. The van der Waals surface area contributed by atoms with Crippen LogP contribution < -0.4 is 5.32 Å². The van der Waals surface area contributed by atoms with Crippen LogP contribution in [-0.2, 0) is 0 Å². The summed E-state index contributed by atoms with van der Waals surface area (Å²) in [5, 5.41) is 4.34. The van der Waals surface area contributed by atoms with Crippen LogP contribution in [0, 0.1) is 0 Å². The minimum atomic E-state index is 0.206. The molecule has 0 atom stereocenters. The monoisotopic (exact) mass is 305 g/mol. The summed E-state index contributed by atoms with van der Waals surface area (Å²) in [5.41, 5.74) is 3.56. The highest BCUT2D eigenvalue weighted by atomic mass is 16.1. The summed E-state index contributed by atoms with van der Waals surface area (Å²) >= 11 is 0. The molecule has 0 amide bonds. The lowest BCUT2D eigenvalue weighted by Gasteiger charge is -2.09. The highest BCUT2D eigenvalue weighted by Gasteiger charge is 2.06. The number of nitrogens with one attached hydrogen (secondary N) is 1. The van der Waals surface area contributed by atoms with E-state index in [1.165, 1.54) is 0 Å². The normalized spacial score (nSPS) is 10.7. The Morgan fingerprint density at radius 3 is 2.74 bits per heavy atom. The number of aromatic nitrogens is 2. The van der Waals surface area contributed by atoms with E-state index >= 15 is 0 Å². The molecule has 4 nitrogen and oxygen atoms in total. The van der Waals surface area contributed by atoms with Crippen molar-refractivity contribution in [2.24, 2.45) is 0 Å². The van der Waals surface area contributed by atoms with Crippen LogP contribution in [0.5, 0.6) is 0 Å². The average Bonchev–Trinajstić information content (AvgIpc) is 2.60. The molecule has 1 aromatic heterocycles. The Bertz CT molecular complexity index is 807. The predicted molar refractivity (Wildman–Crippen MR) is 93.1 cm³/mol. The minimum absolute atomic E-state index is 0.206. The minimum Gasteiger partial charge on any atom is -0.355 e. The number of benzene rings is 2. The maximum absolute atomic E-state index is 12.0. The first-order valence-electron chi connectivity index (χ1n) is 7.87. The number of hydrogen-bond acceptors (Lipinski definition) is 4. The fourth-order valence-electron chi connectivity index (χ4n) is 2.49. The van der Waals surface area contributed by atoms with Crippen molar-refractivity contribution in [2.75, 3.05) is 5.32 Å². The van der Waals surface area contributed by atoms with Crippen LogP contribution in [0.25, 0.3) is 10.9 Å². The Morgan fingerprint density at radius 1 is 1.13 bits per heavy atom. The van der Waals surface area contributed by atoms with Crippen LogP contribution in [0.2, 0.25) is 0 Å². The molecule has 0 radical (unpaired) electrons. The number of Topliss-reactive ketones (excluding diaryl/α,β-unsaturated/α-hetero) is 1. The van der Waals surface area contributed by atoms with Gasteiger partial charge in [0, 0.05) is 34.9 Å². The summed E-state index contributed by atoms with van der Waals surface area (Å²) in [7, 11) is 0. The molecular formula is C19H19N3O. The van der Waals surface area contributed by atoms with Gasteiger partial charge in [-0.05, 0) is 42.8 Å². The fourth-order valence-corrected chi connectivity index (χ4v) is 2.49. The van der Waals surface area contributed by atoms with Crippen LogP contribution >= 0.6 is 0 Å². The van der Waals surface area contributed by atoms with Crippen molar-refractivity contribution in [1.29, 1.82) is 0 Å². The van der Waals surface area contributed by atoms with Crippen molar-refractivity contribution >= 4 is 28.1 Å². The fraction of sp³-hybridized carbons (Fsp3) is 0.211. The van der Waals surface area contributed by atoms with Crippen LogP contribution in [-0.4, -0.2) is 15.8 Å². The first kappa shape index (κ1) is 15.2. The summed E-state index contributed by atoms with van der Waals surface area (Å²) < 4.78 is 0. The molecular weight excluding hydrogens is 286 g/mol. The first-order valence-corrected chi connectivity index (χ1v) is 7.87. The Hall–Kier alpha value is -2.75. The molecule has 0 saturated carbocycles. The summed E-state index contributed by atoms with van der Waals surface area (Å²) in [6.45, 7) is 2.09. The molecule has 0 aliphatic rings. The number of anilines is 2. The lowest BCUT2D eigenvalue weighted by molar-refractivity contribution is 0.0980. The van der Waals surface area contributed by atoms with E-state index in [0.717, 1.165) is 40.7 Å². The number of nitrogens with zero attached hydrogens (tertiary/aromatic N) is 2. The maximum atomic E-state index is 12.0. The molecule has 3 rings (SSSR count). The highest BCUT2D eigenvalue weighted by Crippen LogP contribution is 2.24. The molecule has 3 aromatic rings. The molecule has 0 fully saturated rings. The second kappa shape index (κ2) is 7.01. The third kappa shape index (κ3) is 3.54. The van der Waals surface area contributed by atoms with E-state index in [-0.39, 0.29) is 5.78 Å². The lowest BCUT2D eigenvalue weighted by Crippen LogP contribution is -1.99. The molecule has 0 aliphatic heterocycles. The van der Waals surface area contributed by atoms with Gasteiger partial charge in [-0.1, -0.05) is 19.4 Å². The number of unbranched alkanes of at least 4 members (excludes halogenated alkanes) is 1. The molecule has 116 valence electrons. The average molecular weight is 305 g/mol. The summed E-state index contributed by atoms with van der Waals surface area (Å²) in [6, 6.07) is 13.5. The van der Waals surface area contributed by atoms with Gasteiger partial charge in [-0.3, -0.25) is 4.79 Å². The van der Waals surface area contributed by atoms with Gasteiger partial charge in [-0.25, -0.2) is 9.97 Å². The van der Waals surface area contributed by atoms with Crippen LogP contribution in [0.4, 0.5) is 11.4 Å². The SMILES string of the molecule is CCCCC(=O)c1ccc(Nc2cccc3ncncc23)cc1. The number of carbonyl (C=O) groups is 1. The van der Waals surface area contributed by atoms with Gasteiger partial charge < -0.3 is 5.32 Å². The Morgan fingerprint density at radius 2 is 1.96 bits per heavy atom. The Kier molecular flexibility index (Phi) is 4.62. The smallest absolute Gasteiger partial charge is 0.162 e. The van der Waals surface area contributed by atoms with Gasteiger partial charge in [-0.2, -0.15) is 0 Å². The summed E-state index contributed by atoms with van der Waals surface area (Å²) in [4.78, 5) is 20.3. The van der Waals surface area contributed by atoms with E-state index in [0.29, 0.717) is 6.42 Å². The largest absolute Gasteiger partial charge is 0.355 e. The van der Waals surface area contributed by atoms with Gasteiger partial charge in [0.05, 0.1) is 5.52 Å². The highest BCUT2D eigenvalue weighted by molar-refractivity contribution is 5.97. The van der Waals surface area contributed by atoms with Crippen molar-refractivity contribution in [3.8, 4) is 0 Å². The molecule has 0 unspecified atom stereocenters. The Labute approximate surface area is 135 Å². The van der Waals surface area contributed by atoms with E-state index in [9.17, 15) is 4.79 Å². The van der Waals surface area contributed by atoms with Crippen molar-refractivity contribution in [3.63, 3.8) is 0 Å². The van der Waals surface area contributed by atoms with Gasteiger partial charge in [0.2, 0.25) is 0 Å². The third-order valence-corrected chi connectivity index (χ3v) is 3.79. The van der Waals surface area contributed by atoms with Crippen LogP contribution in [0.15, 0.2) is 55.0 Å². The number of carbonyl (C=O) groups excluding carboxylic acids is 1. The molecule has 4 heteroatoms. The van der Waals surface area contributed by atoms with E-state index in [4.69, 9.17) is 0 Å². The third-order valence-electron chi connectivity index (χ3n) is 3.79. The van der Waals surface area contributed by atoms with Gasteiger partial charge in [0.15, 0.2) is 5.78 Å². The second-order valence-electron chi connectivity index (χ2n) is 5.49. The molecule has 1 heterocycles. The molecule has 2 aromatic carbocycles. The van der Waals surface area contributed by atoms with Crippen LogP contribution in [0.3, 0.4) is 0 Å². The molecule has 23 heavy (non-hydrogen) atoms. The first-order chi connectivity index (χ1) is 11.3. The van der Waals surface area contributed by atoms with E-state index in [1.807, 2.05) is 42.5 Å². The van der Waals surface area contributed by atoms with Gasteiger partial charge in [0.25, 0.3) is 0 Å². The van der Waals surface area contributed by atoms with Crippen molar-refractivity contribution in [1.82, 2.24) is 9.97 Å². The number of ketones is 1. The van der Waals surface area contributed by atoms with Gasteiger partial charge >= 0.3 is 0 Å². The van der Waals surface area contributed by atoms with Gasteiger partial charge in [0.1, 0.15) is 6.33 Å². The molecule has 1 N–H and O–H groups in total. The second-order valence-corrected chi connectivity index (χ2v) is 5.49. The standard InChI is InChI=1S/C19H19N3O/c1-2-3-7-19(23)14-8-10-15(11-9-14)22-18-6-4-5-17-16(18)12-20-13-21-17/h4-6,8-13,22H,2-3,7H2,1H3. The molecule has 0 spiro atoms. The van der Waals surface area contributed by atoms with E-state index < -0.39 is 0 Å². The van der Waals surface area contributed by atoms with E-state index in [2.05, 4.69) is 22.2 Å². The molecule has 0 bridgehead atoms.